The van der Waals surface area contributed by atoms with Crippen LogP contribution in [0.5, 0.6) is 5.75 Å². The van der Waals surface area contributed by atoms with Crippen LogP contribution in [0.3, 0.4) is 0 Å². The Kier molecular flexibility index (Phi) is 4.95. The minimum absolute atomic E-state index is 0.0245. The molecular formula is C15H13F2NO4S. The van der Waals surface area contributed by atoms with Crippen LogP contribution in [0, 0.1) is 11.6 Å². The number of carbonyl (C=O) groups is 1. The number of carbonyl (C=O) groups excluding carboxylic acids is 1. The molecule has 0 aliphatic heterocycles. The fraction of sp³-hybridized carbons (Fsp3) is 0.133. The molecule has 5 nitrogen and oxygen atoms in total. The van der Waals surface area contributed by atoms with Gasteiger partial charge in [0.1, 0.15) is 17.4 Å². The molecule has 122 valence electrons. The van der Waals surface area contributed by atoms with E-state index in [0.717, 1.165) is 18.4 Å². The van der Waals surface area contributed by atoms with Crippen LogP contribution in [0.1, 0.15) is 0 Å². The lowest BCUT2D eigenvalue weighted by Crippen LogP contribution is -2.20. The van der Waals surface area contributed by atoms with Crippen molar-refractivity contribution in [2.45, 2.75) is 4.90 Å². The van der Waals surface area contributed by atoms with Gasteiger partial charge in [-0.15, -0.1) is 0 Å². The number of benzene rings is 2. The molecule has 0 saturated carbocycles. The summed E-state index contributed by atoms with van der Waals surface area (Å²) in [5, 5.41) is 2.29. The van der Waals surface area contributed by atoms with Gasteiger partial charge in [0.25, 0.3) is 5.91 Å². The van der Waals surface area contributed by atoms with E-state index in [2.05, 4.69) is 5.32 Å². The van der Waals surface area contributed by atoms with Crippen molar-refractivity contribution in [1.82, 2.24) is 0 Å². The van der Waals surface area contributed by atoms with E-state index in [1.54, 1.807) is 0 Å². The predicted molar refractivity (Wildman–Crippen MR) is 80.0 cm³/mol. The number of ether oxygens (including phenoxy) is 1. The predicted octanol–water partition coefficient (Wildman–Crippen LogP) is 2.39. The number of rotatable bonds is 5. The summed E-state index contributed by atoms with van der Waals surface area (Å²) in [6.07, 6.45) is 1.08. The summed E-state index contributed by atoms with van der Waals surface area (Å²) < 4.78 is 53.8. The second kappa shape index (κ2) is 6.74. The van der Waals surface area contributed by atoms with Crippen LogP contribution >= 0.6 is 0 Å². The number of halogens is 2. The minimum Gasteiger partial charge on any atom is -0.484 e. The number of nitrogens with one attached hydrogen (secondary N) is 1. The van der Waals surface area contributed by atoms with E-state index in [-0.39, 0.29) is 16.3 Å². The molecule has 0 aliphatic rings. The van der Waals surface area contributed by atoms with E-state index in [4.69, 9.17) is 4.74 Å². The van der Waals surface area contributed by atoms with Gasteiger partial charge in [-0.05, 0) is 36.4 Å². The highest BCUT2D eigenvalue weighted by Crippen LogP contribution is 2.16. The SMILES string of the molecule is CS(=O)(=O)c1ccc(OCC(=O)Nc2cc(F)cc(F)c2)cc1. The minimum atomic E-state index is -3.31. The van der Waals surface area contributed by atoms with Crippen LogP contribution in [0.25, 0.3) is 0 Å². The number of amides is 1. The highest BCUT2D eigenvalue weighted by atomic mass is 32.2. The molecule has 0 bridgehead atoms. The van der Waals surface area contributed by atoms with Crippen molar-refractivity contribution >= 4 is 21.4 Å². The molecule has 0 aliphatic carbocycles. The molecule has 2 aromatic rings. The maximum atomic E-state index is 13.0. The molecule has 2 aromatic carbocycles. The second-order valence-corrected chi connectivity index (χ2v) is 6.75. The Hall–Kier alpha value is -2.48. The molecular weight excluding hydrogens is 328 g/mol. The van der Waals surface area contributed by atoms with E-state index >= 15 is 0 Å². The van der Waals surface area contributed by atoms with Crippen LogP contribution in [0.2, 0.25) is 0 Å². The van der Waals surface area contributed by atoms with E-state index in [1.807, 2.05) is 0 Å². The van der Waals surface area contributed by atoms with Gasteiger partial charge >= 0.3 is 0 Å². The molecule has 0 radical (unpaired) electrons. The Balaban J connectivity index is 1.94. The molecule has 0 atom stereocenters. The van der Waals surface area contributed by atoms with Crippen molar-refractivity contribution in [1.29, 1.82) is 0 Å². The summed E-state index contributed by atoms with van der Waals surface area (Å²) in [7, 11) is -3.31. The van der Waals surface area contributed by atoms with Gasteiger partial charge in [0.05, 0.1) is 4.90 Å². The molecule has 0 unspecified atom stereocenters. The monoisotopic (exact) mass is 341 g/mol. The summed E-state index contributed by atoms with van der Waals surface area (Å²) >= 11 is 0. The molecule has 2 rings (SSSR count). The first-order chi connectivity index (χ1) is 10.7. The van der Waals surface area contributed by atoms with E-state index < -0.39 is 34.0 Å². The number of hydrogen-bond acceptors (Lipinski definition) is 4. The Bertz CT molecular complexity index is 800. The number of hydrogen-bond donors (Lipinski definition) is 1. The third kappa shape index (κ3) is 5.03. The van der Waals surface area contributed by atoms with Gasteiger partial charge in [0.2, 0.25) is 0 Å². The largest absolute Gasteiger partial charge is 0.484 e. The van der Waals surface area contributed by atoms with Crippen LogP contribution < -0.4 is 10.1 Å². The Morgan fingerprint density at radius 2 is 1.65 bits per heavy atom. The third-order valence-corrected chi connectivity index (χ3v) is 3.90. The maximum absolute atomic E-state index is 13.0. The molecule has 0 saturated heterocycles. The van der Waals surface area contributed by atoms with E-state index in [9.17, 15) is 22.0 Å². The number of anilines is 1. The third-order valence-electron chi connectivity index (χ3n) is 2.77. The fourth-order valence-corrected chi connectivity index (χ4v) is 2.39. The van der Waals surface area contributed by atoms with Crippen molar-refractivity contribution < 1.29 is 26.7 Å². The average Bonchev–Trinajstić information content (AvgIpc) is 2.43. The van der Waals surface area contributed by atoms with Crippen LogP contribution in [0.4, 0.5) is 14.5 Å². The Morgan fingerprint density at radius 1 is 1.09 bits per heavy atom. The molecule has 23 heavy (non-hydrogen) atoms. The summed E-state index contributed by atoms with van der Waals surface area (Å²) in [6.45, 7) is -0.393. The summed E-state index contributed by atoms with van der Waals surface area (Å²) in [4.78, 5) is 11.8. The first-order valence-electron chi connectivity index (χ1n) is 6.43. The van der Waals surface area contributed by atoms with Gasteiger partial charge < -0.3 is 10.1 Å². The smallest absolute Gasteiger partial charge is 0.262 e. The van der Waals surface area contributed by atoms with Gasteiger partial charge in [0, 0.05) is 18.0 Å². The van der Waals surface area contributed by atoms with Gasteiger partial charge in [-0.1, -0.05) is 0 Å². The van der Waals surface area contributed by atoms with Gasteiger partial charge in [-0.2, -0.15) is 0 Å². The van der Waals surface area contributed by atoms with E-state index in [1.165, 1.54) is 24.3 Å². The van der Waals surface area contributed by atoms with Crippen molar-refractivity contribution in [2.75, 3.05) is 18.2 Å². The van der Waals surface area contributed by atoms with Gasteiger partial charge in [0.15, 0.2) is 16.4 Å². The standard InChI is InChI=1S/C15H13F2NO4S/c1-23(20,21)14-4-2-13(3-5-14)22-9-15(19)18-12-7-10(16)6-11(17)8-12/h2-8H,9H2,1H3,(H,18,19). The lowest BCUT2D eigenvalue weighted by atomic mass is 10.3. The van der Waals surface area contributed by atoms with E-state index in [0.29, 0.717) is 6.07 Å². The normalized spacial score (nSPS) is 11.1. The maximum Gasteiger partial charge on any atom is 0.262 e. The first kappa shape index (κ1) is 16.9. The van der Waals surface area contributed by atoms with Crippen LogP contribution in [-0.2, 0) is 14.6 Å². The molecule has 0 aromatic heterocycles. The first-order valence-corrected chi connectivity index (χ1v) is 8.32. The van der Waals surface area contributed by atoms with Gasteiger partial charge in [-0.3, -0.25) is 4.79 Å². The highest BCUT2D eigenvalue weighted by molar-refractivity contribution is 7.90. The van der Waals surface area contributed by atoms with Crippen molar-refractivity contribution in [2.24, 2.45) is 0 Å². The van der Waals surface area contributed by atoms with Crippen molar-refractivity contribution in [3.05, 3.63) is 54.1 Å². The fourth-order valence-electron chi connectivity index (χ4n) is 1.76. The number of sulfone groups is 1. The van der Waals surface area contributed by atoms with Crippen LogP contribution in [-0.4, -0.2) is 27.2 Å². The van der Waals surface area contributed by atoms with Crippen molar-refractivity contribution in [3.63, 3.8) is 0 Å². The topological polar surface area (TPSA) is 72.5 Å². The molecule has 0 fully saturated rings. The summed E-state index contributed by atoms with van der Waals surface area (Å²) in [5.74, 6) is -1.93. The summed E-state index contributed by atoms with van der Waals surface area (Å²) in [6, 6.07) is 8.16. The van der Waals surface area contributed by atoms with Crippen molar-refractivity contribution in [3.8, 4) is 5.75 Å². The van der Waals surface area contributed by atoms with Crippen LogP contribution in [0.15, 0.2) is 47.4 Å². The molecule has 1 amide bonds. The van der Waals surface area contributed by atoms with Gasteiger partial charge in [-0.25, -0.2) is 17.2 Å². The molecule has 1 N–H and O–H groups in total. The lowest BCUT2D eigenvalue weighted by Gasteiger charge is -2.08. The Labute approximate surface area is 131 Å². The highest BCUT2D eigenvalue weighted by Gasteiger charge is 2.09. The zero-order chi connectivity index (χ0) is 17.0. The Morgan fingerprint density at radius 3 is 2.17 bits per heavy atom. The quantitative estimate of drug-likeness (QED) is 0.906. The zero-order valence-electron chi connectivity index (χ0n) is 12.0. The second-order valence-electron chi connectivity index (χ2n) is 4.74. The molecule has 0 heterocycles. The molecule has 0 spiro atoms. The molecule has 8 heteroatoms. The average molecular weight is 341 g/mol. The lowest BCUT2D eigenvalue weighted by molar-refractivity contribution is -0.118. The zero-order valence-corrected chi connectivity index (χ0v) is 12.9. The summed E-state index contributed by atoms with van der Waals surface area (Å²) in [5.41, 5.74) is -0.0245.